The summed E-state index contributed by atoms with van der Waals surface area (Å²) >= 11 is 0. The summed E-state index contributed by atoms with van der Waals surface area (Å²) in [5.74, 6) is 0.820. The van der Waals surface area contributed by atoms with E-state index < -0.39 is 6.36 Å². The molecule has 37 heavy (non-hydrogen) atoms. The van der Waals surface area contributed by atoms with Gasteiger partial charge in [-0.1, -0.05) is 29.4 Å². The van der Waals surface area contributed by atoms with E-state index in [1.807, 2.05) is 6.07 Å². The zero-order chi connectivity index (χ0) is 26.4. The molecule has 7 nitrogen and oxygen atoms in total. The average molecular weight is 519 g/mol. The van der Waals surface area contributed by atoms with Gasteiger partial charge >= 0.3 is 6.36 Å². The highest BCUT2D eigenvalue weighted by Crippen LogP contribution is 2.60. The summed E-state index contributed by atoms with van der Waals surface area (Å²) in [5, 5.41) is 28.1. The number of hydrogen-bond donors (Lipinski definition) is 2. The van der Waals surface area contributed by atoms with Crippen LogP contribution in [-0.2, 0) is 11.4 Å². The second-order valence-corrected chi connectivity index (χ2v) is 10.2. The number of benzene rings is 2. The fourth-order valence-corrected chi connectivity index (χ4v) is 6.65. The standard InChI is InChI=1S/C27H29F3N2O5/c1-26-9-8-17-18-13-24(35-2)23(33)12-20(18)22(11-19(17)21(26)6-7-25(26)31-34)32-36-14-15-4-3-5-16(10-15)37-27(28,29)30/h3-5,10,12-13,17,19,21,33-34H,6-9,11,14H2,1-2H3/b31-25+,32-22+/t17-,19-,21+,26+/m1/s1. The summed E-state index contributed by atoms with van der Waals surface area (Å²) in [6, 6.07) is 9.09. The number of fused-ring (bicyclic) bond motifs is 5. The molecule has 3 aliphatic carbocycles. The van der Waals surface area contributed by atoms with Crippen molar-refractivity contribution in [1.29, 1.82) is 0 Å². The normalized spacial score (nSPS) is 28.9. The fraction of sp³-hybridized carbons (Fsp3) is 0.481. The Balaban J connectivity index is 1.44. The fourth-order valence-electron chi connectivity index (χ4n) is 6.65. The molecule has 0 bridgehead atoms. The Morgan fingerprint density at radius 2 is 1.97 bits per heavy atom. The van der Waals surface area contributed by atoms with Crippen molar-refractivity contribution in [1.82, 2.24) is 0 Å². The summed E-state index contributed by atoms with van der Waals surface area (Å²) in [5.41, 5.74) is 3.62. The van der Waals surface area contributed by atoms with Gasteiger partial charge in [-0.05, 0) is 85.3 Å². The van der Waals surface area contributed by atoms with Crippen molar-refractivity contribution in [3.63, 3.8) is 0 Å². The molecule has 0 aromatic heterocycles. The molecular weight excluding hydrogens is 489 g/mol. The van der Waals surface area contributed by atoms with Gasteiger partial charge in [0.25, 0.3) is 0 Å². The van der Waals surface area contributed by atoms with Gasteiger partial charge in [-0.15, -0.1) is 13.2 Å². The smallest absolute Gasteiger partial charge is 0.504 e. The van der Waals surface area contributed by atoms with E-state index in [-0.39, 0.29) is 35.4 Å². The Labute approximate surface area is 212 Å². The first-order chi connectivity index (χ1) is 17.6. The lowest BCUT2D eigenvalue weighted by molar-refractivity contribution is -0.274. The van der Waals surface area contributed by atoms with E-state index >= 15 is 0 Å². The van der Waals surface area contributed by atoms with E-state index in [0.29, 0.717) is 29.4 Å². The maximum atomic E-state index is 12.6. The zero-order valence-corrected chi connectivity index (χ0v) is 20.6. The molecule has 3 aliphatic rings. The van der Waals surface area contributed by atoms with Gasteiger partial charge < -0.3 is 24.6 Å². The molecule has 10 heteroatoms. The summed E-state index contributed by atoms with van der Waals surface area (Å²) in [4.78, 5) is 5.63. The van der Waals surface area contributed by atoms with E-state index in [0.717, 1.165) is 42.5 Å². The van der Waals surface area contributed by atoms with Crippen LogP contribution in [0.5, 0.6) is 17.2 Å². The van der Waals surface area contributed by atoms with E-state index in [2.05, 4.69) is 22.0 Å². The number of methoxy groups -OCH3 is 1. The van der Waals surface area contributed by atoms with Crippen LogP contribution in [0.25, 0.3) is 0 Å². The van der Waals surface area contributed by atoms with E-state index in [1.54, 1.807) is 12.1 Å². The second-order valence-electron chi connectivity index (χ2n) is 10.2. The van der Waals surface area contributed by atoms with Crippen molar-refractivity contribution in [2.45, 2.75) is 57.9 Å². The van der Waals surface area contributed by atoms with Crippen LogP contribution in [-0.4, -0.2) is 35.2 Å². The second kappa shape index (κ2) is 9.46. The Morgan fingerprint density at radius 3 is 2.70 bits per heavy atom. The minimum atomic E-state index is -4.78. The summed E-state index contributed by atoms with van der Waals surface area (Å²) < 4.78 is 47.1. The van der Waals surface area contributed by atoms with Crippen LogP contribution in [0.15, 0.2) is 46.7 Å². The lowest BCUT2D eigenvalue weighted by atomic mass is 9.55. The van der Waals surface area contributed by atoms with Crippen LogP contribution >= 0.6 is 0 Å². The van der Waals surface area contributed by atoms with Gasteiger partial charge in [0.15, 0.2) is 11.5 Å². The average Bonchev–Trinajstić information content (AvgIpc) is 3.19. The minimum absolute atomic E-state index is 0.000569. The first-order valence-electron chi connectivity index (χ1n) is 12.3. The van der Waals surface area contributed by atoms with Crippen molar-refractivity contribution < 1.29 is 37.8 Å². The molecule has 2 aromatic carbocycles. The molecule has 0 heterocycles. The largest absolute Gasteiger partial charge is 0.573 e. The van der Waals surface area contributed by atoms with Crippen molar-refractivity contribution in [3.05, 3.63) is 53.1 Å². The zero-order valence-electron chi connectivity index (χ0n) is 20.6. The van der Waals surface area contributed by atoms with Crippen LogP contribution in [0.3, 0.4) is 0 Å². The molecule has 2 N–H and O–H groups in total. The first-order valence-corrected chi connectivity index (χ1v) is 12.3. The van der Waals surface area contributed by atoms with E-state index in [1.165, 1.54) is 25.3 Å². The third-order valence-corrected chi connectivity index (χ3v) is 8.33. The highest BCUT2D eigenvalue weighted by Gasteiger charge is 2.54. The summed E-state index contributed by atoms with van der Waals surface area (Å²) in [7, 11) is 1.51. The molecule has 4 atom stereocenters. The van der Waals surface area contributed by atoms with Gasteiger partial charge in [0.05, 0.1) is 18.5 Å². The number of ether oxygens (including phenoxy) is 2. The molecule has 0 aliphatic heterocycles. The molecule has 0 amide bonds. The van der Waals surface area contributed by atoms with Crippen molar-refractivity contribution in [3.8, 4) is 17.2 Å². The monoisotopic (exact) mass is 518 g/mol. The number of hydrogen-bond acceptors (Lipinski definition) is 7. The topological polar surface area (TPSA) is 92.9 Å². The SMILES string of the molecule is COc1cc2c(cc1O)/C(=N/OCc1cccc(OC(F)(F)F)c1)C[C@@H]1[C@@H]2CC[C@]2(C)/C(=N/O)CC[C@@H]12. The summed E-state index contributed by atoms with van der Waals surface area (Å²) in [6.07, 6.45) is -0.689. The molecule has 0 saturated heterocycles. The molecule has 2 aromatic rings. The molecule has 2 saturated carbocycles. The van der Waals surface area contributed by atoms with Crippen molar-refractivity contribution in [2.24, 2.45) is 27.6 Å². The van der Waals surface area contributed by atoms with E-state index in [4.69, 9.17) is 9.57 Å². The Kier molecular flexibility index (Phi) is 6.45. The molecule has 2 fully saturated rings. The quantitative estimate of drug-likeness (QED) is 0.355. The number of rotatable bonds is 5. The number of halogens is 3. The molecule has 0 spiro atoms. The van der Waals surface area contributed by atoms with Gasteiger partial charge in [-0.2, -0.15) is 0 Å². The Bertz CT molecular complexity index is 1250. The third-order valence-electron chi connectivity index (χ3n) is 8.33. The third kappa shape index (κ3) is 4.69. The summed E-state index contributed by atoms with van der Waals surface area (Å²) in [6.45, 7) is 2.12. The van der Waals surface area contributed by atoms with Crippen LogP contribution < -0.4 is 9.47 Å². The lowest BCUT2D eigenvalue weighted by Crippen LogP contribution is -2.43. The first kappa shape index (κ1) is 25.2. The molecule has 5 rings (SSSR count). The predicted octanol–water partition coefficient (Wildman–Crippen LogP) is 6.36. The number of alkyl halides is 3. The number of phenolic OH excluding ortho intramolecular Hbond substituents is 1. The van der Waals surface area contributed by atoms with Gasteiger partial charge in [-0.3, -0.25) is 0 Å². The maximum absolute atomic E-state index is 12.6. The molecule has 0 radical (unpaired) electrons. The molecule has 198 valence electrons. The Morgan fingerprint density at radius 1 is 1.16 bits per heavy atom. The van der Waals surface area contributed by atoms with Crippen LogP contribution in [0.1, 0.15) is 61.6 Å². The number of oxime groups is 2. The van der Waals surface area contributed by atoms with Gasteiger partial charge in [-0.25, -0.2) is 0 Å². The maximum Gasteiger partial charge on any atom is 0.573 e. The predicted molar refractivity (Wildman–Crippen MR) is 129 cm³/mol. The van der Waals surface area contributed by atoms with E-state index in [9.17, 15) is 23.5 Å². The number of aromatic hydroxyl groups is 1. The number of nitrogens with zero attached hydrogens (tertiary/aromatic N) is 2. The van der Waals surface area contributed by atoms with Gasteiger partial charge in [0, 0.05) is 11.0 Å². The lowest BCUT2D eigenvalue weighted by Gasteiger charge is -2.48. The van der Waals surface area contributed by atoms with Crippen LogP contribution in [0, 0.1) is 17.3 Å². The van der Waals surface area contributed by atoms with Crippen LogP contribution in [0.2, 0.25) is 0 Å². The molecule has 0 unspecified atom stereocenters. The number of phenols is 1. The van der Waals surface area contributed by atoms with Gasteiger partial charge in [0.1, 0.15) is 12.4 Å². The Hall–Kier alpha value is -3.43. The van der Waals surface area contributed by atoms with Crippen LogP contribution in [0.4, 0.5) is 13.2 Å². The highest BCUT2D eigenvalue weighted by atomic mass is 19.4. The van der Waals surface area contributed by atoms with Crippen molar-refractivity contribution in [2.75, 3.05) is 7.11 Å². The van der Waals surface area contributed by atoms with Crippen molar-refractivity contribution >= 4 is 11.4 Å². The van der Waals surface area contributed by atoms with Gasteiger partial charge in [0.2, 0.25) is 0 Å². The minimum Gasteiger partial charge on any atom is -0.504 e. The highest BCUT2D eigenvalue weighted by molar-refractivity contribution is 6.04. The molecular formula is C27H29F3N2O5.